The molecule has 0 aromatic heterocycles. The van der Waals surface area contributed by atoms with Gasteiger partial charge in [-0.15, -0.1) is 0 Å². The van der Waals surface area contributed by atoms with Crippen LogP contribution in [0, 0.1) is 11.8 Å². The molecule has 5 nitrogen and oxygen atoms in total. The minimum atomic E-state index is -1.14. The van der Waals surface area contributed by atoms with Gasteiger partial charge in [-0.25, -0.2) is 4.79 Å². The second-order valence-electron chi connectivity index (χ2n) is 5.53. The molecule has 1 fully saturated rings. The topological polar surface area (TPSA) is 69.6 Å². The fraction of sp³-hybridized carbons (Fsp3) is 0.846. The van der Waals surface area contributed by atoms with Crippen LogP contribution in [0.5, 0.6) is 0 Å². The number of carboxylic acids is 1. The van der Waals surface area contributed by atoms with Gasteiger partial charge >= 0.3 is 5.97 Å². The largest absolute Gasteiger partial charge is 0.479 e. The van der Waals surface area contributed by atoms with Crippen LogP contribution in [0.15, 0.2) is 0 Å². The van der Waals surface area contributed by atoms with Crippen molar-refractivity contribution < 1.29 is 14.7 Å². The summed E-state index contributed by atoms with van der Waals surface area (Å²) >= 11 is 0. The first-order chi connectivity index (χ1) is 8.31. The summed E-state index contributed by atoms with van der Waals surface area (Å²) in [6.07, 6.45) is 1.58. The molecule has 1 heterocycles. The standard InChI is InChI=1S/C13H24N2O3/c1-9(2)13(3,12(17)18)15(4)11(16)10-5-7-14-8-6-10/h9-10,14H,5-8H2,1-4H3,(H,17,18). The summed E-state index contributed by atoms with van der Waals surface area (Å²) in [6.45, 7) is 6.95. The van der Waals surface area contributed by atoms with Crippen molar-refractivity contribution >= 4 is 11.9 Å². The molecule has 104 valence electrons. The molecule has 1 atom stereocenters. The highest BCUT2D eigenvalue weighted by molar-refractivity contribution is 5.88. The van der Waals surface area contributed by atoms with E-state index in [1.54, 1.807) is 14.0 Å². The molecule has 0 aromatic rings. The SMILES string of the molecule is CC(C)C(C)(C(=O)O)N(C)C(=O)C1CCNCC1. The van der Waals surface area contributed by atoms with Gasteiger partial charge in [0, 0.05) is 13.0 Å². The summed E-state index contributed by atoms with van der Waals surface area (Å²) in [5.74, 6) is -1.17. The Morgan fingerprint density at radius 3 is 2.22 bits per heavy atom. The zero-order chi connectivity index (χ0) is 13.9. The third kappa shape index (κ3) is 2.66. The van der Waals surface area contributed by atoms with Crippen LogP contribution in [0.1, 0.15) is 33.6 Å². The van der Waals surface area contributed by atoms with Crippen molar-refractivity contribution in [1.29, 1.82) is 0 Å². The molecular formula is C13H24N2O3. The van der Waals surface area contributed by atoms with Gasteiger partial charge in [0.2, 0.25) is 5.91 Å². The highest BCUT2D eigenvalue weighted by Gasteiger charge is 2.44. The average Bonchev–Trinajstić information content (AvgIpc) is 2.36. The van der Waals surface area contributed by atoms with Gasteiger partial charge in [-0.1, -0.05) is 13.8 Å². The van der Waals surface area contributed by atoms with E-state index >= 15 is 0 Å². The molecule has 1 aliphatic rings. The minimum absolute atomic E-state index is 0.0462. The Balaban J connectivity index is 2.86. The number of aliphatic carboxylic acids is 1. The number of nitrogens with zero attached hydrogens (tertiary/aromatic N) is 1. The zero-order valence-corrected chi connectivity index (χ0v) is 11.7. The Morgan fingerprint density at radius 2 is 1.83 bits per heavy atom. The molecule has 0 bridgehead atoms. The number of carbonyl (C=O) groups is 2. The van der Waals surface area contributed by atoms with Crippen molar-refractivity contribution in [2.45, 2.75) is 39.2 Å². The lowest BCUT2D eigenvalue weighted by Gasteiger charge is -2.40. The molecule has 2 N–H and O–H groups in total. The monoisotopic (exact) mass is 256 g/mol. The third-order valence-electron chi connectivity index (χ3n) is 4.27. The van der Waals surface area contributed by atoms with Gasteiger partial charge in [-0.3, -0.25) is 4.79 Å². The Hall–Kier alpha value is -1.10. The Labute approximate surface area is 109 Å². The van der Waals surface area contributed by atoms with Gasteiger partial charge in [-0.2, -0.15) is 0 Å². The number of rotatable bonds is 4. The predicted octanol–water partition coefficient (Wildman–Crippen LogP) is 0.944. The van der Waals surface area contributed by atoms with Crippen molar-refractivity contribution in [3.8, 4) is 0 Å². The van der Waals surface area contributed by atoms with Crippen LogP contribution in [0.25, 0.3) is 0 Å². The number of carbonyl (C=O) groups excluding carboxylic acids is 1. The maximum absolute atomic E-state index is 12.4. The van der Waals surface area contributed by atoms with Gasteiger partial charge in [0.05, 0.1) is 0 Å². The number of likely N-dealkylation sites (N-methyl/N-ethyl adjacent to an activating group) is 1. The van der Waals surface area contributed by atoms with E-state index in [4.69, 9.17) is 0 Å². The maximum Gasteiger partial charge on any atom is 0.329 e. The van der Waals surface area contributed by atoms with Crippen molar-refractivity contribution in [1.82, 2.24) is 10.2 Å². The Morgan fingerprint density at radius 1 is 1.33 bits per heavy atom. The lowest BCUT2D eigenvalue weighted by molar-refractivity contribution is -0.161. The number of hydrogen-bond donors (Lipinski definition) is 2. The second-order valence-corrected chi connectivity index (χ2v) is 5.53. The van der Waals surface area contributed by atoms with Crippen LogP contribution in [0.4, 0.5) is 0 Å². The van der Waals surface area contributed by atoms with Crippen LogP contribution < -0.4 is 5.32 Å². The molecule has 5 heteroatoms. The number of carboxylic acid groups (broad SMARTS) is 1. The zero-order valence-electron chi connectivity index (χ0n) is 11.7. The minimum Gasteiger partial charge on any atom is -0.479 e. The Kier molecular flexibility index (Phi) is 4.73. The first kappa shape index (κ1) is 15.0. The molecular weight excluding hydrogens is 232 g/mol. The van der Waals surface area contributed by atoms with Gasteiger partial charge in [-0.05, 0) is 38.8 Å². The van der Waals surface area contributed by atoms with Crippen molar-refractivity contribution in [2.24, 2.45) is 11.8 Å². The smallest absolute Gasteiger partial charge is 0.329 e. The molecule has 0 radical (unpaired) electrons. The highest BCUT2D eigenvalue weighted by atomic mass is 16.4. The van der Waals surface area contributed by atoms with Crippen molar-refractivity contribution in [2.75, 3.05) is 20.1 Å². The normalized spacial score (nSPS) is 20.5. The van der Waals surface area contributed by atoms with Gasteiger partial charge < -0.3 is 15.3 Å². The number of nitrogens with one attached hydrogen (secondary N) is 1. The lowest BCUT2D eigenvalue weighted by atomic mass is 9.85. The maximum atomic E-state index is 12.4. The van der Waals surface area contributed by atoms with Gasteiger partial charge in [0.25, 0.3) is 0 Å². The van der Waals surface area contributed by atoms with E-state index < -0.39 is 11.5 Å². The quantitative estimate of drug-likeness (QED) is 0.785. The van der Waals surface area contributed by atoms with Crippen LogP contribution in [-0.2, 0) is 9.59 Å². The Bertz CT molecular complexity index is 324. The number of hydrogen-bond acceptors (Lipinski definition) is 3. The molecule has 1 aliphatic heterocycles. The molecule has 18 heavy (non-hydrogen) atoms. The molecule has 0 spiro atoms. The molecule has 0 saturated carbocycles. The van der Waals surface area contributed by atoms with Crippen LogP contribution in [0.3, 0.4) is 0 Å². The first-order valence-corrected chi connectivity index (χ1v) is 6.53. The fourth-order valence-electron chi connectivity index (χ4n) is 2.35. The van der Waals surface area contributed by atoms with E-state index in [0.717, 1.165) is 25.9 Å². The average molecular weight is 256 g/mol. The van der Waals surface area contributed by atoms with Crippen LogP contribution in [-0.4, -0.2) is 47.6 Å². The number of amides is 1. The number of piperidine rings is 1. The van der Waals surface area contributed by atoms with Gasteiger partial charge in [0.15, 0.2) is 0 Å². The molecule has 1 saturated heterocycles. The first-order valence-electron chi connectivity index (χ1n) is 6.53. The molecule has 0 aliphatic carbocycles. The van der Waals surface area contributed by atoms with E-state index in [9.17, 15) is 14.7 Å². The molecule has 0 aromatic carbocycles. The summed E-state index contributed by atoms with van der Waals surface area (Å²) in [5, 5.41) is 12.6. The molecule has 1 unspecified atom stereocenters. The molecule has 1 rings (SSSR count). The predicted molar refractivity (Wildman–Crippen MR) is 69.2 cm³/mol. The van der Waals surface area contributed by atoms with Gasteiger partial charge in [0.1, 0.15) is 5.54 Å². The van der Waals surface area contributed by atoms with E-state index in [2.05, 4.69) is 5.32 Å². The molecule has 1 amide bonds. The van der Waals surface area contributed by atoms with Crippen LogP contribution >= 0.6 is 0 Å². The van der Waals surface area contributed by atoms with Crippen molar-refractivity contribution in [3.63, 3.8) is 0 Å². The summed E-state index contributed by atoms with van der Waals surface area (Å²) in [6, 6.07) is 0. The highest BCUT2D eigenvalue weighted by Crippen LogP contribution is 2.27. The van der Waals surface area contributed by atoms with Crippen molar-refractivity contribution in [3.05, 3.63) is 0 Å². The lowest BCUT2D eigenvalue weighted by Crippen LogP contribution is -2.58. The van der Waals surface area contributed by atoms with E-state index in [1.807, 2.05) is 13.8 Å². The summed E-state index contributed by atoms with van der Waals surface area (Å²) < 4.78 is 0. The van der Waals surface area contributed by atoms with E-state index in [0.29, 0.717) is 0 Å². The summed E-state index contributed by atoms with van der Waals surface area (Å²) in [5.41, 5.74) is -1.14. The van der Waals surface area contributed by atoms with E-state index in [-0.39, 0.29) is 17.7 Å². The second kappa shape index (κ2) is 5.69. The third-order valence-corrected chi connectivity index (χ3v) is 4.27. The van der Waals surface area contributed by atoms with Crippen LogP contribution in [0.2, 0.25) is 0 Å². The van der Waals surface area contributed by atoms with E-state index in [1.165, 1.54) is 4.90 Å². The summed E-state index contributed by atoms with van der Waals surface area (Å²) in [4.78, 5) is 25.3. The fourth-order valence-corrected chi connectivity index (χ4v) is 2.35. The summed E-state index contributed by atoms with van der Waals surface area (Å²) in [7, 11) is 1.61.